The number of hydrogen-bond donors (Lipinski definition) is 3. The summed E-state index contributed by atoms with van der Waals surface area (Å²) in [4.78, 5) is 21.2. The summed E-state index contributed by atoms with van der Waals surface area (Å²) in [6.45, 7) is 4.05. The second kappa shape index (κ2) is 10.8. The standard InChI is InChI=1S/C19H26N2O.C2H4O2/c22-19(21-14-16-4-2-1-3-5-16)18-8-6-15(7-9-18)12-17-10-11-20-13-17;1-2(3)4/h4,6-9,17,20H,1-3,5,10-14H2,(H,21,22);1H3,(H,3,4). The maximum atomic E-state index is 12.2. The van der Waals surface area contributed by atoms with E-state index < -0.39 is 5.97 Å². The van der Waals surface area contributed by atoms with Crippen molar-refractivity contribution in [3.8, 4) is 0 Å². The lowest BCUT2D eigenvalue weighted by molar-refractivity contribution is -0.134. The first kappa shape index (κ1) is 20.2. The third-order valence-corrected chi connectivity index (χ3v) is 4.76. The summed E-state index contributed by atoms with van der Waals surface area (Å²) in [6, 6.07) is 8.13. The van der Waals surface area contributed by atoms with Gasteiger partial charge in [0.2, 0.25) is 0 Å². The van der Waals surface area contributed by atoms with E-state index in [0.29, 0.717) is 6.54 Å². The van der Waals surface area contributed by atoms with Crippen molar-refractivity contribution in [1.29, 1.82) is 0 Å². The highest BCUT2D eigenvalue weighted by atomic mass is 16.4. The average Bonchev–Trinajstić information content (AvgIpc) is 3.14. The molecule has 142 valence electrons. The van der Waals surface area contributed by atoms with Crippen molar-refractivity contribution in [3.05, 3.63) is 47.0 Å². The van der Waals surface area contributed by atoms with E-state index in [1.165, 1.54) is 30.4 Å². The lowest BCUT2D eigenvalue weighted by atomic mass is 9.97. The number of nitrogens with one attached hydrogen (secondary N) is 2. The van der Waals surface area contributed by atoms with E-state index >= 15 is 0 Å². The van der Waals surface area contributed by atoms with Crippen LogP contribution in [0.15, 0.2) is 35.9 Å². The van der Waals surface area contributed by atoms with Crippen LogP contribution >= 0.6 is 0 Å². The van der Waals surface area contributed by atoms with Gasteiger partial charge in [-0.05, 0) is 75.2 Å². The van der Waals surface area contributed by atoms with Gasteiger partial charge >= 0.3 is 0 Å². The van der Waals surface area contributed by atoms with Crippen molar-refractivity contribution >= 4 is 11.9 Å². The predicted molar refractivity (Wildman–Crippen MR) is 103 cm³/mol. The van der Waals surface area contributed by atoms with E-state index in [1.54, 1.807) is 0 Å². The Morgan fingerprint density at radius 1 is 1.23 bits per heavy atom. The fourth-order valence-corrected chi connectivity index (χ4v) is 3.38. The van der Waals surface area contributed by atoms with Gasteiger partial charge in [0.05, 0.1) is 0 Å². The van der Waals surface area contributed by atoms with E-state index in [4.69, 9.17) is 9.90 Å². The molecule has 1 aliphatic heterocycles. The lowest BCUT2D eigenvalue weighted by Crippen LogP contribution is -2.26. The summed E-state index contributed by atoms with van der Waals surface area (Å²) < 4.78 is 0. The molecule has 1 saturated heterocycles. The summed E-state index contributed by atoms with van der Waals surface area (Å²) in [5, 5.41) is 13.9. The van der Waals surface area contributed by atoms with Crippen molar-refractivity contribution in [3.63, 3.8) is 0 Å². The number of carbonyl (C=O) groups excluding carboxylic acids is 1. The van der Waals surface area contributed by atoms with Crippen molar-refractivity contribution < 1.29 is 14.7 Å². The molecule has 1 unspecified atom stereocenters. The Morgan fingerprint density at radius 2 is 1.96 bits per heavy atom. The van der Waals surface area contributed by atoms with Crippen LogP contribution in [0.25, 0.3) is 0 Å². The molecule has 3 N–H and O–H groups in total. The molecule has 1 aromatic rings. The van der Waals surface area contributed by atoms with Crippen LogP contribution in [0.5, 0.6) is 0 Å². The van der Waals surface area contributed by atoms with Gasteiger partial charge in [0, 0.05) is 19.0 Å². The Hall–Kier alpha value is -2.14. The van der Waals surface area contributed by atoms with Crippen LogP contribution in [0.3, 0.4) is 0 Å². The normalized spacial score (nSPS) is 19.1. The van der Waals surface area contributed by atoms with Crippen LogP contribution in [-0.2, 0) is 11.2 Å². The highest BCUT2D eigenvalue weighted by Gasteiger charge is 2.15. The molecule has 0 aromatic heterocycles. The van der Waals surface area contributed by atoms with Crippen molar-refractivity contribution in [2.45, 2.75) is 45.4 Å². The summed E-state index contributed by atoms with van der Waals surface area (Å²) in [7, 11) is 0. The van der Waals surface area contributed by atoms with Crippen LogP contribution in [0.4, 0.5) is 0 Å². The molecule has 3 rings (SSSR count). The minimum atomic E-state index is -0.833. The Bertz CT molecular complexity index is 613. The van der Waals surface area contributed by atoms with E-state index in [9.17, 15) is 4.79 Å². The molecular formula is C21H30N2O3. The molecular weight excluding hydrogens is 328 g/mol. The van der Waals surface area contributed by atoms with Gasteiger partial charge < -0.3 is 15.7 Å². The minimum Gasteiger partial charge on any atom is -0.481 e. The monoisotopic (exact) mass is 358 g/mol. The summed E-state index contributed by atoms with van der Waals surface area (Å²) >= 11 is 0. The predicted octanol–water partition coefficient (Wildman–Crippen LogP) is 3.16. The zero-order valence-corrected chi connectivity index (χ0v) is 15.6. The van der Waals surface area contributed by atoms with Crippen molar-refractivity contribution in [1.82, 2.24) is 10.6 Å². The van der Waals surface area contributed by atoms with Gasteiger partial charge in [-0.15, -0.1) is 0 Å². The number of amides is 1. The molecule has 0 bridgehead atoms. The first-order chi connectivity index (χ1) is 12.5. The number of rotatable bonds is 5. The van der Waals surface area contributed by atoms with Gasteiger partial charge in [0.1, 0.15) is 0 Å². The molecule has 1 heterocycles. The number of carboxylic acids is 1. The van der Waals surface area contributed by atoms with Crippen LogP contribution in [-0.4, -0.2) is 36.6 Å². The topological polar surface area (TPSA) is 78.4 Å². The molecule has 5 nitrogen and oxygen atoms in total. The first-order valence-corrected chi connectivity index (χ1v) is 9.50. The number of carboxylic acid groups (broad SMARTS) is 1. The third kappa shape index (κ3) is 7.40. The summed E-state index contributed by atoms with van der Waals surface area (Å²) in [6.07, 6.45) is 9.49. The fraction of sp³-hybridized carbons (Fsp3) is 0.524. The van der Waals surface area contributed by atoms with Crippen molar-refractivity contribution in [2.75, 3.05) is 19.6 Å². The number of carbonyl (C=O) groups is 2. The Morgan fingerprint density at radius 3 is 2.54 bits per heavy atom. The third-order valence-electron chi connectivity index (χ3n) is 4.76. The molecule has 1 aliphatic carbocycles. The smallest absolute Gasteiger partial charge is 0.300 e. The number of hydrogen-bond acceptors (Lipinski definition) is 3. The van der Waals surface area contributed by atoms with E-state index in [0.717, 1.165) is 50.8 Å². The Balaban J connectivity index is 0.000000552. The average molecular weight is 358 g/mol. The van der Waals surface area contributed by atoms with Gasteiger partial charge in [-0.2, -0.15) is 0 Å². The summed E-state index contributed by atoms with van der Waals surface area (Å²) in [5.74, 6) is -0.0431. The fourth-order valence-electron chi connectivity index (χ4n) is 3.38. The molecule has 1 fully saturated rings. The van der Waals surface area contributed by atoms with Crippen LogP contribution < -0.4 is 10.6 Å². The molecule has 5 heteroatoms. The maximum Gasteiger partial charge on any atom is 0.300 e. The number of benzene rings is 1. The first-order valence-electron chi connectivity index (χ1n) is 9.50. The molecule has 0 spiro atoms. The van der Waals surface area contributed by atoms with Gasteiger partial charge in [0.25, 0.3) is 11.9 Å². The van der Waals surface area contributed by atoms with Crippen LogP contribution in [0, 0.1) is 5.92 Å². The molecule has 1 aromatic carbocycles. The van der Waals surface area contributed by atoms with E-state index in [-0.39, 0.29) is 5.91 Å². The quantitative estimate of drug-likeness (QED) is 0.707. The van der Waals surface area contributed by atoms with Crippen LogP contribution in [0.2, 0.25) is 0 Å². The molecule has 0 radical (unpaired) electrons. The maximum absolute atomic E-state index is 12.2. The Labute approximate surface area is 155 Å². The largest absolute Gasteiger partial charge is 0.481 e. The van der Waals surface area contributed by atoms with Gasteiger partial charge in [-0.25, -0.2) is 0 Å². The zero-order chi connectivity index (χ0) is 18.8. The molecule has 26 heavy (non-hydrogen) atoms. The van der Waals surface area contributed by atoms with Gasteiger partial charge in [-0.3, -0.25) is 9.59 Å². The van der Waals surface area contributed by atoms with Gasteiger partial charge in [0.15, 0.2) is 0 Å². The molecule has 2 aliphatic rings. The Kier molecular flexibility index (Phi) is 8.35. The second-order valence-corrected chi connectivity index (χ2v) is 7.07. The highest BCUT2D eigenvalue weighted by molar-refractivity contribution is 5.94. The van der Waals surface area contributed by atoms with Crippen molar-refractivity contribution in [2.24, 2.45) is 5.92 Å². The zero-order valence-electron chi connectivity index (χ0n) is 15.6. The molecule has 1 amide bonds. The van der Waals surface area contributed by atoms with Crippen LogP contribution in [0.1, 0.15) is 54.9 Å². The lowest BCUT2D eigenvalue weighted by Gasteiger charge is -2.13. The molecule has 1 atom stereocenters. The number of allylic oxidation sites excluding steroid dienone is 1. The van der Waals surface area contributed by atoms with E-state index in [2.05, 4.69) is 28.8 Å². The van der Waals surface area contributed by atoms with E-state index in [1.807, 2.05) is 12.1 Å². The number of aliphatic carboxylic acids is 1. The highest BCUT2D eigenvalue weighted by Crippen LogP contribution is 2.17. The second-order valence-electron chi connectivity index (χ2n) is 7.07. The molecule has 0 saturated carbocycles. The van der Waals surface area contributed by atoms with Gasteiger partial charge in [-0.1, -0.05) is 23.8 Å². The summed E-state index contributed by atoms with van der Waals surface area (Å²) in [5.41, 5.74) is 3.48. The SMILES string of the molecule is CC(=O)O.O=C(NCC1=CCCCC1)c1ccc(CC2CCNC2)cc1. The minimum absolute atomic E-state index is 0.0422.